The van der Waals surface area contributed by atoms with Gasteiger partial charge < -0.3 is 15.3 Å². The Labute approximate surface area is 118 Å². The van der Waals surface area contributed by atoms with Crippen LogP contribution in [0.1, 0.15) is 13.8 Å². The number of nitrogens with one attached hydrogen (secondary N) is 1. The van der Waals surface area contributed by atoms with Crippen molar-refractivity contribution in [2.75, 3.05) is 11.9 Å². The van der Waals surface area contributed by atoms with Gasteiger partial charge in [-0.05, 0) is 32.0 Å². The summed E-state index contributed by atoms with van der Waals surface area (Å²) in [7, 11) is 0. The zero-order valence-electron chi connectivity index (χ0n) is 10.5. The van der Waals surface area contributed by atoms with Crippen molar-refractivity contribution in [3.8, 4) is 0 Å². The molecule has 0 saturated carbocycles. The van der Waals surface area contributed by atoms with Crippen molar-refractivity contribution in [3.05, 3.63) is 28.5 Å². The molecule has 0 aromatic heterocycles. The number of halogens is 2. The van der Waals surface area contributed by atoms with E-state index in [1.165, 1.54) is 12.1 Å². The number of anilines is 1. The Morgan fingerprint density at radius 1 is 1.47 bits per heavy atom. The lowest BCUT2D eigenvalue weighted by Crippen LogP contribution is -2.43. The van der Waals surface area contributed by atoms with Crippen LogP contribution in [-0.4, -0.2) is 34.6 Å². The second-order valence-corrected chi connectivity index (χ2v) is 5.09. The van der Waals surface area contributed by atoms with Crippen LogP contribution in [0.25, 0.3) is 0 Å². The van der Waals surface area contributed by atoms with Crippen LogP contribution < -0.4 is 5.32 Å². The van der Waals surface area contributed by atoms with E-state index in [0.717, 1.165) is 4.90 Å². The number of aliphatic carboxylic acids is 1. The summed E-state index contributed by atoms with van der Waals surface area (Å²) in [5.74, 6) is -1.72. The van der Waals surface area contributed by atoms with Gasteiger partial charge in [-0.1, -0.05) is 15.9 Å². The van der Waals surface area contributed by atoms with Crippen molar-refractivity contribution in [2.45, 2.75) is 19.9 Å². The summed E-state index contributed by atoms with van der Waals surface area (Å²) in [4.78, 5) is 23.7. The third kappa shape index (κ3) is 4.51. The Kier molecular flexibility index (Phi) is 5.29. The van der Waals surface area contributed by atoms with E-state index >= 15 is 0 Å². The van der Waals surface area contributed by atoms with Gasteiger partial charge in [-0.3, -0.25) is 4.79 Å². The van der Waals surface area contributed by atoms with Crippen LogP contribution in [0, 0.1) is 5.82 Å². The fraction of sp³-hybridized carbons (Fsp3) is 0.333. The number of carboxylic acid groups (broad SMARTS) is 1. The molecule has 0 heterocycles. The van der Waals surface area contributed by atoms with E-state index in [-0.39, 0.29) is 11.7 Å². The van der Waals surface area contributed by atoms with Crippen molar-refractivity contribution < 1.29 is 19.1 Å². The van der Waals surface area contributed by atoms with Gasteiger partial charge in [-0.25, -0.2) is 9.18 Å². The zero-order chi connectivity index (χ0) is 14.6. The predicted molar refractivity (Wildman–Crippen MR) is 72.6 cm³/mol. The molecule has 19 heavy (non-hydrogen) atoms. The van der Waals surface area contributed by atoms with Crippen molar-refractivity contribution in [1.82, 2.24) is 4.90 Å². The second-order valence-electron chi connectivity index (χ2n) is 4.17. The van der Waals surface area contributed by atoms with Crippen LogP contribution in [0.4, 0.5) is 14.9 Å². The molecule has 0 fully saturated rings. The molecule has 0 bridgehead atoms. The minimum Gasteiger partial charge on any atom is -0.480 e. The highest BCUT2D eigenvalue weighted by Crippen LogP contribution is 2.19. The first-order chi connectivity index (χ1) is 8.81. The molecule has 1 aromatic rings. The Hall–Kier alpha value is -1.63. The van der Waals surface area contributed by atoms with Gasteiger partial charge in [0.1, 0.15) is 12.4 Å². The number of urea groups is 1. The lowest BCUT2D eigenvalue weighted by atomic mass is 10.3. The summed E-state index contributed by atoms with van der Waals surface area (Å²) in [6.07, 6.45) is 0. The third-order valence-corrected chi connectivity index (χ3v) is 2.86. The topological polar surface area (TPSA) is 69.6 Å². The van der Waals surface area contributed by atoms with Crippen molar-refractivity contribution >= 4 is 33.6 Å². The zero-order valence-corrected chi connectivity index (χ0v) is 12.1. The summed E-state index contributed by atoms with van der Waals surface area (Å²) in [5.41, 5.74) is 0.00392. The van der Waals surface area contributed by atoms with Crippen molar-refractivity contribution in [3.63, 3.8) is 0 Å². The molecule has 1 rings (SSSR count). The summed E-state index contributed by atoms with van der Waals surface area (Å²) >= 11 is 3.11. The fourth-order valence-electron chi connectivity index (χ4n) is 1.41. The number of benzene rings is 1. The highest BCUT2D eigenvalue weighted by Gasteiger charge is 2.20. The largest absolute Gasteiger partial charge is 0.480 e. The molecule has 7 heteroatoms. The van der Waals surface area contributed by atoms with Crippen molar-refractivity contribution in [1.29, 1.82) is 0 Å². The van der Waals surface area contributed by atoms with Crippen LogP contribution in [0.5, 0.6) is 0 Å². The first kappa shape index (κ1) is 15.4. The Morgan fingerprint density at radius 3 is 2.58 bits per heavy atom. The van der Waals surface area contributed by atoms with E-state index < -0.39 is 24.4 Å². The lowest BCUT2D eigenvalue weighted by molar-refractivity contribution is -0.137. The summed E-state index contributed by atoms with van der Waals surface area (Å²) < 4.78 is 14.1. The summed E-state index contributed by atoms with van der Waals surface area (Å²) in [6, 6.07) is 3.23. The Bertz CT molecular complexity index is 494. The van der Waals surface area contributed by atoms with Gasteiger partial charge in [0.15, 0.2) is 0 Å². The highest BCUT2D eigenvalue weighted by molar-refractivity contribution is 9.10. The number of amides is 2. The highest BCUT2D eigenvalue weighted by atomic mass is 79.9. The van der Waals surface area contributed by atoms with Gasteiger partial charge in [0.05, 0.1) is 5.69 Å². The molecule has 0 aliphatic heterocycles. The van der Waals surface area contributed by atoms with E-state index in [9.17, 15) is 14.0 Å². The molecule has 0 aliphatic carbocycles. The van der Waals surface area contributed by atoms with Crippen LogP contribution in [-0.2, 0) is 4.79 Å². The Balaban J connectivity index is 2.84. The fourth-order valence-corrected chi connectivity index (χ4v) is 1.75. The molecule has 0 unspecified atom stereocenters. The number of hydrogen-bond donors (Lipinski definition) is 2. The first-order valence-corrected chi connectivity index (χ1v) is 6.35. The first-order valence-electron chi connectivity index (χ1n) is 5.55. The van der Waals surface area contributed by atoms with Gasteiger partial charge in [0.2, 0.25) is 0 Å². The monoisotopic (exact) mass is 332 g/mol. The number of carboxylic acids is 1. The van der Waals surface area contributed by atoms with Gasteiger partial charge in [-0.2, -0.15) is 0 Å². The summed E-state index contributed by atoms with van der Waals surface area (Å²) in [6.45, 7) is 2.92. The number of carbonyl (C=O) groups excluding carboxylic acids is 1. The average molecular weight is 333 g/mol. The van der Waals surface area contributed by atoms with Gasteiger partial charge in [0, 0.05) is 10.5 Å². The summed E-state index contributed by atoms with van der Waals surface area (Å²) in [5, 5.41) is 11.1. The number of carbonyl (C=O) groups is 2. The van der Waals surface area contributed by atoms with Crippen molar-refractivity contribution in [2.24, 2.45) is 0 Å². The minimum absolute atomic E-state index is 0.00392. The van der Waals surface area contributed by atoms with E-state index in [2.05, 4.69) is 21.2 Å². The average Bonchev–Trinajstić information content (AvgIpc) is 2.29. The van der Waals surface area contributed by atoms with Gasteiger partial charge in [0.25, 0.3) is 0 Å². The predicted octanol–water partition coefficient (Wildman–Crippen LogP) is 2.92. The molecule has 2 N–H and O–H groups in total. The van der Waals surface area contributed by atoms with Gasteiger partial charge in [-0.15, -0.1) is 0 Å². The number of hydrogen-bond acceptors (Lipinski definition) is 2. The lowest BCUT2D eigenvalue weighted by Gasteiger charge is -2.25. The molecule has 1 aromatic carbocycles. The van der Waals surface area contributed by atoms with Crippen LogP contribution >= 0.6 is 15.9 Å². The SMILES string of the molecule is CC(C)N(CC(=O)O)C(=O)Nc1ccc(Br)cc1F. The smallest absolute Gasteiger partial charge is 0.323 e. The number of nitrogens with zero attached hydrogens (tertiary/aromatic N) is 1. The molecular weight excluding hydrogens is 319 g/mol. The molecule has 0 radical (unpaired) electrons. The minimum atomic E-state index is -1.12. The van der Waals surface area contributed by atoms with E-state index in [1.54, 1.807) is 19.9 Å². The van der Waals surface area contributed by atoms with Crippen LogP contribution in [0.15, 0.2) is 22.7 Å². The standard InChI is InChI=1S/C12H14BrFN2O3/c1-7(2)16(6-11(17)18)12(19)15-10-4-3-8(13)5-9(10)14/h3-5,7H,6H2,1-2H3,(H,15,19)(H,17,18). The molecular formula is C12H14BrFN2O3. The van der Waals surface area contributed by atoms with Crippen LogP contribution in [0.2, 0.25) is 0 Å². The molecule has 0 aliphatic rings. The molecule has 2 amide bonds. The maximum atomic E-state index is 13.6. The maximum Gasteiger partial charge on any atom is 0.323 e. The van der Waals surface area contributed by atoms with Crippen LogP contribution in [0.3, 0.4) is 0 Å². The normalized spacial score (nSPS) is 10.4. The van der Waals surface area contributed by atoms with Gasteiger partial charge >= 0.3 is 12.0 Å². The number of rotatable bonds is 4. The molecule has 5 nitrogen and oxygen atoms in total. The molecule has 104 valence electrons. The van der Waals surface area contributed by atoms with E-state index in [1.807, 2.05) is 0 Å². The van der Waals surface area contributed by atoms with E-state index in [4.69, 9.17) is 5.11 Å². The molecule has 0 saturated heterocycles. The molecule has 0 spiro atoms. The Morgan fingerprint density at radius 2 is 2.11 bits per heavy atom. The van der Waals surface area contributed by atoms with E-state index in [0.29, 0.717) is 4.47 Å². The maximum absolute atomic E-state index is 13.6. The second kappa shape index (κ2) is 6.51. The quantitative estimate of drug-likeness (QED) is 0.890. The molecule has 0 atom stereocenters. The third-order valence-electron chi connectivity index (χ3n) is 2.36.